The number of hydrogen-bond donors (Lipinski definition) is 1. The average molecular weight is 379 g/mol. The van der Waals surface area contributed by atoms with Crippen molar-refractivity contribution >= 4 is 15.9 Å². The highest BCUT2D eigenvalue weighted by Crippen LogP contribution is 2.14. The maximum absolute atomic E-state index is 12.5. The van der Waals surface area contributed by atoms with E-state index in [2.05, 4.69) is 15.0 Å². The van der Waals surface area contributed by atoms with E-state index in [-0.39, 0.29) is 17.3 Å². The van der Waals surface area contributed by atoms with Crippen LogP contribution in [0.4, 0.5) is 0 Å². The maximum atomic E-state index is 12.5. The van der Waals surface area contributed by atoms with Crippen LogP contribution in [0, 0.1) is 0 Å². The van der Waals surface area contributed by atoms with Gasteiger partial charge in [-0.05, 0) is 24.6 Å². The molecule has 2 heterocycles. The number of hydrogen-bond acceptors (Lipinski definition) is 6. The fourth-order valence-electron chi connectivity index (χ4n) is 2.63. The summed E-state index contributed by atoms with van der Waals surface area (Å²) >= 11 is 0. The van der Waals surface area contributed by atoms with Gasteiger partial charge >= 0.3 is 0 Å². The molecule has 0 saturated carbocycles. The topological polar surface area (TPSA) is 106 Å². The quantitative estimate of drug-likeness (QED) is 0.685. The first kappa shape index (κ1) is 18.5. The average Bonchev–Trinajstić information content (AvgIpc) is 3.19. The van der Waals surface area contributed by atoms with E-state index in [0.29, 0.717) is 44.8 Å². The van der Waals surface area contributed by atoms with Crippen LogP contribution in [-0.2, 0) is 21.3 Å². The zero-order valence-corrected chi connectivity index (χ0v) is 15.1. The Morgan fingerprint density at radius 1 is 1.27 bits per heavy atom. The third-order valence-electron chi connectivity index (χ3n) is 4.02. The predicted molar refractivity (Wildman–Crippen MR) is 93.0 cm³/mol. The van der Waals surface area contributed by atoms with Gasteiger partial charge in [-0.1, -0.05) is 11.3 Å². The van der Waals surface area contributed by atoms with Crippen LogP contribution in [0.2, 0.25) is 0 Å². The van der Waals surface area contributed by atoms with Gasteiger partial charge in [0.15, 0.2) is 0 Å². The first-order valence-electron chi connectivity index (χ1n) is 8.37. The third kappa shape index (κ3) is 4.65. The fraction of sp³-hybridized carbons (Fsp3) is 0.438. The van der Waals surface area contributed by atoms with Crippen molar-refractivity contribution < 1.29 is 17.9 Å². The van der Waals surface area contributed by atoms with Crippen LogP contribution in [0.15, 0.2) is 41.6 Å². The van der Waals surface area contributed by atoms with Gasteiger partial charge in [-0.25, -0.2) is 13.1 Å². The predicted octanol–water partition coefficient (Wildman–Crippen LogP) is 0.119. The minimum Gasteiger partial charge on any atom is -0.378 e. The van der Waals surface area contributed by atoms with Crippen molar-refractivity contribution in [3.8, 4) is 0 Å². The Hall–Kier alpha value is -2.30. The standard InChI is InChI=1S/C16H21N5O4S/c22-16(20-9-11-25-12-10-20)14-3-1-4-15(13-14)26(23,24)18-5-2-7-21-8-6-17-19-21/h1,3-4,6,8,13,18H,2,5,7,9-12H2. The molecule has 0 spiro atoms. The molecule has 0 bridgehead atoms. The van der Waals surface area contributed by atoms with Gasteiger partial charge in [0.1, 0.15) is 0 Å². The van der Waals surface area contributed by atoms with Gasteiger partial charge in [0.25, 0.3) is 5.91 Å². The molecule has 0 unspecified atom stereocenters. The Labute approximate surface area is 152 Å². The van der Waals surface area contributed by atoms with Gasteiger partial charge in [-0.15, -0.1) is 5.10 Å². The first-order chi connectivity index (χ1) is 12.6. The molecule has 1 aliphatic heterocycles. The summed E-state index contributed by atoms with van der Waals surface area (Å²) in [6.45, 7) is 2.85. The van der Waals surface area contributed by atoms with Crippen molar-refractivity contribution in [2.24, 2.45) is 0 Å². The highest BCUT2D eigenvalue weighted by Gasteiger charge is 2.21. The van der Waals surface area contributed by atoms with Gasteiger partial charge in [0.05, 0.1) is 24.3 Å². The lowest BCUT2D eigenvalue weighted by Gasteiger charge is -2.27. The summed E-state index contributed by atoms with van der Waals surface area (Å²) in [7, 11) is -3.68. The number of carbonyl (C=O) groups is 1. The Balaban J connectivity index is 1.61. The summed E-state index contributed by atoms with van der Waals surface area (Å²) in [6, 6.07) is 6.10. The molecule has 1 fully saturated rings. The smallest absolute Gasteiger partial charge is 0.254 e. The fourth-order valence-corrected chi connectivity index (χ4v) is 3.75. The lowest BCUT2D eigenvalue weighted by molar-refractivity contribution is 0.0302. The van der Waals surface area contributed by atoms with Gasteiger partial charge in [-0.3, -0.25) is 9.48 Å². The second-order valence-corrected chi connectivity index (χ2v) is 7.62. The van der Waals surface area contributed by atoms with E-state index in [1.165, 1.54) is 12.1 Å². The Bertz CT molecular complexity index is 832. The number of nitrogens with one attached hydrogen (secondary N) is 1. The third-order valence-corrected chi connectivity index (χ3v) is 5.48. The molecule has 0 aliphatic carbocycles. The van der Waals surface area contributed by atoms with E-state index >= 15 is 0 Å². The van der Waals surface area contributed by atoms with Gasteiger partial charge in [0.2, 0.25) is 10.0 Å². The molecule has 1 saturated heterocycles. The van der Waals surface area contributed by atoms with E-state index in [0.717, 1.165) is 0 Å². The highest BCUT2D eigenvalue weighted by atomic mass is 32.2. The largest absolute Gasteiger partial charge is 0.378 e. The number of morpholine rings is 1. The highest BCUT2D eigenvalue weighted by molar-refractivity contribution is 7.89. The zero-order chi connectivity index (χ0) is 18.4. The minimum atomic E-state index is -3.68. The zero-order valence-electron chi connectivity index (χ0n) is 14.2. The molecule has 26 heavy (non-hydrogen) atoms. The lowest BCUT2D eigenvalue weighted by atomic mass is 10.2. The van der Waals surface area contributed by atoms with Gasteiger partial charge in [-0.2, -0.15) is 0 Å². The number of aromatic nitrogens is 3. The van der Waals surface area contributed by atoms with Crippen molar-refractivity contribution in [2.75, 3.05) is 32.8 Å². The van der Waals surface area contributed by atoms with E-state index in [9.17, 15) is 13.2 Å². The van der Waals surface area contributed by atoms with Crippen LogP contribution in [0.3, 0.4) is 0 Å². The van der Waals surface area contributed by atoms with E-state index in [4.69, 9.17) is 4.74 Å². The molecular weight excluding hydrogens is 358 g/mol. The summed E-state index contributed by atoms with van der Waals surface area (Å²) in [6.07, 6.45) is 3.87. The van der Waals surface area contributed by atoms with Crippen LogP contribution >= 0.6 is 0 Å². The lowest BCUT2D eigenvalue weighted by Crippen LogP contribution is -2.40. The number of aryl methyl sites for hydroxylation is 1. The number of amides is 1. The molecule has 1 aromatic carbocycles. The number of carbonyl (C=O) groups excluding carboxylic acids is 1. The number of benzene rings is 1. The molecule has 10 heteroatoms. The van der Waals surface area contributed by atoms with Gasteiger partial charge < -0.3 is 9.64 Å². The van der Waals surface area contributed by atoms with E-state index in [1.807, 2.05) is 0 Å². The SMILES string of the molecule is O=C(c1cccc(S(=O)(=O)NCCCn2ccnn2)c1)N1CCOCC1. The molecule has 1 aromatic heterocycles. The van der Waals surface area contributed by atoms with Gasteiger partial charge in [0, 0.05) is 37.9 Å². The second-order valence-electron chi connectivity index (χ2n) is 5.85. The van der Waals surface area contributed by atoms with Crippen molar-refractivity contribution in [2.45, 2.75) is 17.9 Å². The number of nitrogens with zero attached hydrogens (tertiary/aromatic N) is 4. The summed E-state index contributed by atoms with van der Waals surface area (Å²) in [4.78, 5) is 14.3. The van der Waals surface area contributed by atoms with Crippen LogP contribution in [-0.4, -0.2) is 67.1 Å². The molecule has 2 aromatic rings. The van der Waals surface area contributed by atoms with Crippen molar-refractivity contribution in [3.63, 3.8) is 0 Å². The number of ether oxygens (including phenoxy) is 1. The van der Waals surface area contributed by atoms with Crippen LogP contribution in [0.25, 0.3) is 0 Å². The molecular formula is C16H21N5O4S. The second kappa shape index (κ2) is 8.39. The molecule has 0 atom stereocenters. The number of rotatable bonds is 7. The summed E-state index contributed by atoms with van der Waals surface area (Å²) in [5, 5.41) is 7.51. The Morgan fingerprint density at radius 2 is 2.08 bits per heavy atom. The number of sulfonamides is 1. The van der Waals surface area contributed by atoms with Crippen molar-refractivity contribution in [1.29, 1.82) is 0 Å². The van der Waals surface area contributed by atoms with Crippen molar-refractivity contribution in [3.05, 3.63) is 42.2 Å². The molecule has 1 N–H and O–H groups in total. The Kier molecular flexibility index (Phi) is 5.96. The van der Waals surface area contributed by atoms with E-state index < -0.39 is 10.0 Å². The van der Waals surface area contributed by atoms with Crippen molar-refractivity contribution in [1.82, 2.24) is 24.6 Å². The normalized spacial score (nSPS) is 15.2. The monoisotopic (exact) mass is 379 g/mol. The summed E-state index contributed by atoms with van der Waals surface area (Å²) in [5.74, 6) is -0.184. The summed E-state index contributed by atoms with van der Waals surface area (Å²) in [5.41, 5.74) is 0.359. The molecule has 140 valence electrons. The van der Waals surface area contributed by atoms with Crippen LogP contribution < -0.4 is 4.72 Å². The first-order valence-corrected chi connectivity index (χ1v) is 9.85. The minimum absolute atomic E-state index is 0.0809. The molecule has 1 amide bonds. The molecule has 1 aliphatic rings. The molecule has 9 nitrogen and oxygen atoms in total. The van der Waals surface area contributed by atoms with Crippen LogP contribution in [0.1, 0.15) is 16.8 Å². The molecule has 3 rings (SSSR count). The van der Waals surface area contributed by atoms with E-state index in [1.54, 1.807) is 34.1 Å². The Morgan fingerprint density at radius 3 is 2.81 bits per heavy atom. The summed E-state index contributed by atoms with van der Waals surface area (Å²) < 4.78 is 34.3. The molecule has 0 radical (unpaired) electrons. The van der Waals surface area contributed by atoms with Crippen LogP contribution in [0.5, 0.6) is 0 Å². The maximum Gasteiger partial charge on any atom is 0.254 e.